The Hall–Kier alpha value is -1.74. The minimum Gasteiger partial charge on any atom is -0.353 e. The Kier molecular flexibility index (Phi) is 1.79. The molecule has 0 saturated carbocycles. The molecule has 3 rings (SSSR count). The molecule has 0 aliphatic heterocycles. The summed E-state index contributed by atoms with van der Waals surface area (Å²) in [7, 11) is 0. The van der Waals surface area contributed by atoms with Crippen LogP contribution < -0.4 is 0 Å². The lowest BCUT2D eigenvalue weighted by atomic mass is 10.1. The summed E-state index contributed by atoms with van der Waals surface area (Å²) in [6, 6.07) is 5.70. The van der Waals surface area contributed by atoms with Crippen LogP contribution in [0.15, 0.2) is 30.7 Å². The number of nitrogens with one attached hydrogen (secondary N) is 2. The Morgan fingerprint density at radius 2 is 2.27 bits per heavy atom. The first kappa shape index (κ1) is 8.56. The van der Waals surface area contributed by atoms with E-state index in [0.29, 0.717) is 5.02 Å². The second-order valence-electron chi connectivity index (χ2n) is 3.27. The van der Waals surface area contributed by atoms with E-state index >= 15 is 0 Å². The number of H-pyrrole nitrogens is 2. The van der Waals surface area contributed by atoms with Crippen molar-refractivity contribution in [3.05, 3.63) is 41.9 Å². The number of hydrogen-bond donors (Lipinski definition) is 2. The molecule has 73 valence electrons. The number of hydrogen-bond acceptors (Lipinski definition) is 1. The van der Waals surface area contributed by atoms with Crippen molar-refractivity contribution in [3.63, 3.8) is 0 Å². The number of aromatic nitrogens is 3. The van der Waals surface area contributed by atoms with E-state index in [9.17, 15) is 0 Å². The lowest BCUT2D eigenvalue weighted by Crippen LogP contribution is -1.74. The summed E-state index contributed by atoms with van der Waals surface area (Å²) < 4.78 is 0. The molecule has 3 aromatic rings. The molecule has 0 aliphatic carbocycles. The third-order valence-corrected chi connectivity index (χ3v) is 2.56. The standard InChI is InChI=1S/C11H7ClN3/c12-7-1-2-10-8(3-7)9(4-14-10)11-5-13-6-15-11/h1-3,5-6,14H,(H,13,15). The van der Waals surface area contributed by atoms with Gasteiger partial charge >= 0.3 is 0 Å². The van der Waals surface area contributed by atoms with Crippen molar-refractivity contribution in [1.82, 2.24) is 15.0 Å². The Balaban J connectivity index is 2.32. The summed E-state index contributed by atoms with van der Waals surface area (Å²) in [6.07, 6.45) is 6.56. The van der Waals surface area contributed by atoms with Crippen LogP contribution in [0.3, 0.4) is 0 Å². The highest BCUT2D eigenvalue weighted by molar-refractivity contribution is 6.31. The fourth-order valence-electron chi connectivity index (χ4n) is 1.63. The van der Waals surface area contributed by atoms with Crippen LogP contribution >= 0.6 is 11.6 Å². The SMILES string of the molecule is Clc1ccc2[nH][c]c(-c3c[nH]cn3)c2c1. The van der Waals surface area contributed by atoms with Crippen molar-refractivity contribution >= 4 is 22.5 Å². The maximum absolute atomic E-state index is 5.95. The zero-order chi connectivity index (χ0) is 10.3. The number of rotatable bonds is 1. The molecule has 1 radical (unpaired) electrons. The van der Waals surface area contributed by atoms with Gasteiger partial charge in [0.05, 0.1) is 18.2 Å². The average molecular weight is 217 g/mol. The van der Waals surface area contributed by atoms with Gasteiger partial charge in [-0.2, -0.15) is 0 Å². The van der Waals surface area contributed by atoms with Crippen LogP contribution in [0.5, 0.6) is 0 Å². The molecular formula is C11H7ClN3. The van der Waals surface area contributed by atoms with Gasteiger partial charge in [0.2, 0.25) is 0 Å². The van der Waals surface area contributed by atoms with Crippen LogP contribution in [0.25, 0.3) is 22.2 Å². The summed E-state index contributed by atoms with van der Waals surface area (Å²) in [5.74, 6) is 0. The van der Waals surface area contributed by atoms with Crippen LogP contribution in [0, 0.1) is 6.20 Å². The predicted molar refractivity (Wildman–Crippen MR) is 59.7 cm³/mol. The van der Waals surface area contributed by atoms with Crippen LogP contribution in [0.4, 0.5) is 0 Å². The van der Waals surface area contributed by atoms with Gasteiger partial charge in [0.1, 0.15) is 0 Å². The van der Waals surface area contributed by atoms with Gasteiger partial charge < -0.3 is 9.97 Å². The van der Waals surface area contributed by atoms with Gasteiger partial charge in [0.25, 0.3) is 0 Å². The second kappa shape index (κ2) is 3.14. The maximum Gasteiger partial charge on any atom is 0.0927 e. The van der Waals surface area contributed by atoms with Gasteiger partial charge in [0.15, 0.2) is 0 Å². The van der Waals surface area contributed by atoms with Crippen molar-refractivity contribution in [2.45, 2.75) is 0 Å². The molecule has 2 aromatic heterocycles. The second-order valence-corrected chi connectivity index (χ2v) is 3.71. The molecule has 0 fully saturated rings. The fraction of sp³-hybridized carbons (Fsp3) is 0. The van der Waals surface area contributed by atoms with Crippen LogP contribution in [0.1, 0.15) is 0 Å². The Bertz CT molecular complexity index is 595. The van der Waals surface area contributed by atoms with E-state index in [1.54, 1.807) is 6.33 Å². The molecule has 0 saturated heterocycles. The van der Waals surface area contributed by atoms with E-state index in [1.165, 1.54) is 0 Å². The third kappa shape index (κ3) is 1.32. The van der Waals surface area contributed by atoms with E-state index in [2.05, 4.69) is 21.1 Å². The molecule has 0 amide bonds. The summed E-state index contributed by atoms with van der Waals surface area (Å²) in [4.78, 5) is 10.2. The first-order valence-electron chi connectivity index (χ1n) is 4.52. The van der Waals surface area contributed by atoms with Gasteiger partial charge in [-0.1, -0.05) is 11.6 Å². The molecule has 0 bridgehead atoms. The maximum atomic E-state index is 5.95. The van der Waals surface area contributed by atoms with Gasteiger partial charge in [-0.25, -0.2) is 4.98 Å². The number of halogens is 1. The van der Waals surface area contributed by atoms with Gasteiger partial charge in [0, 0.05) is 27.7 Å². The van der Waals surface area contributed by atoms with Crippen LogP contribution in [-0.4, -0.2) is 15.0 Å². The highest BCUT2D eigenvalue weighted by Gasteiger charge is 2.08. The number of nitrogens with zero attached hydrogens (tertiary/aromatic N) is 1. The van der Waals surface area contributed by atoms with Crippen LogP contribution in [0.2, 0.25) is 5.02 Å². The molecule has 15 heavy (non-hydrogen) atoms. The normalized spacial score (nSPS) is 11.0. The van der Waals surface area contributed by atoms with E-state index in [0.717, 1.165) is 22.2 Å². The molecule has 0 aliphatic rings. The monoisotopic (exact) mass is 216 g/mol. The summed E-state index contributed by atoms with van der Waals surface area (Å²) in [5.41, 5.74) is 2.81. The lowest BCUT2D eigenvalue weighted by molar-refractivity contribution is 1.31. The quantitative estimate of drug-likeness (QED) is 0.645. The molecule has 2 N–H and O–H groups in total. The van der Waals surface area contributed by atoms with Crippen molar-refractivity contribution in [3.8, 4) is 11.3 Å². The number of aromatic amines is 2. The molecule has 0 spiro atoms. The fourth-order valence-corrected chi connectivity index (χ4v) is 1.80. The molecule has 2 heterocycles. The minimum absolute atomic E-state index is 0.715. The molecule has 3 nitrogen and oxygen atoms in total. The smallest absolute Gasteiger partial charge is 0.0927 e. The van der Waals surface area contributed by atoms with E-state index in [4.69, 9.17) is 11.6 Å². The molecular weight excluding hydrogens is 210 g/mol. The molecule has 0 atom stereocenters. The summed E-state index contributed by atoms with van der Waals surface area (Å²) in [6.45, 7) is 0. The van der Waals surface area contributed by atoms with Crippen molar-refractivity contribution in [1.29, 1.82) is 0 Å². The lowest BCUT2D eigenvalue weighted by Gasteiger charge is -1.94. The van der Waals surface area contributed by atoms with Crippen molar-refractivity contribution < 1.29 is 0 Å². The zero-order valence-corrected chi connectivity index (χ0v) is 8.47. The Labute approximate surface area is 91.1 Å². The highest BCUT2D eigenvalue weighted by Crippen LogP contribution is 2.28. The first-order chi connectivity index (χ1) is 7.34. The largest absolute Gasteiger partial charge is 0.353 e. The molecule has 4 heteroatoms. The third-order valence-electron chi connectivity index (χ3n) is 2.33. The highest BCUT2D eigenvalue weighted by atomic mass is 35.5. The minimum atomic E-state index is 0.715. The summed E-state index contributed by atoms with van der Waals surface area (Å²) >= 11 is 5.95. The number of imidazole rings is 1. The average Bonchev–Trinajstić information content (AvgIpc) is 2.83. The van der Waals surface area contributed by atoms with E-state index in [-0.39, 0.29) is 0 Å². The van der Waals surface area contributed by atoms with E-state index in [1.807, 2.05) is 24.4 Å². The Morgan fingerprint density at radius 1 is 1.33 bits per heavy atom. The zero-order valence-electron chi connectivity index (χ0n) is 7.71. The number of benzene rings is 1. The predicted octanol–water partition coefficient (Wildman–Crippen LogP) is 3.01. The first-order valence-corrected chi connectivity index (χ1v) is 4.90. The van der Waals surface area contributed by atoms with Crippen molar-refractivity contribution in [2.24, 2.45) is 0 Å². The van der Waals surface area contributed by atoms with Crippen molar-refractivity contribution in [2.75, 3.05) is 0 Å². The van der Waals surface area contributed by atoms with E-state index < -0.39 is 0 Å². The van der Waals surface area contributed by atoms with Gasteiger partial charge in [-0.15, -0.1) is 0 Å². The van der Waals surface area contributed by atoms with Gasteiger partial charge in [-0.05, 0) is 18.2 Å². The topological polar surface area (TPSA) is 44.5 Å². The van der Waals surface area contributed by atoms with Gasteiger partial charge in [-0.3, -0.25) is 0 Å². The molecule has 1 aromatic carbocycles. The Morgan fingerprint density at radius 3 is 3.07 bits per heavy atom. The van der Waals surface area contributed by atoms with Crippen LogP contribution in [-0.2, 0) is 0 Å². The molecule has 0 unspecified atom stereocenters. The summed E-state index contributed by atoms with van der Waals surface area (Å²) in [5, 5.41) is 1.75. The number of fused-ring (bicyclic) bond motifs is 1.